The highest BCUT2D eigenvalue weighted by atomic mass is 32.2. The highest BCUT2D eigenvalue weighted by molar-refractivity contribution is 8.18. The summed E-state index contributed by atoms with van der Waals surface area (Å²) in [5, 5.41) is 2.35. The number of rotatable bonds is 8. The molecule has 0 radical (unpaired) electrons. The Morgan fingerprint density at radius 2 is 1.78 bits per heavy atom. The third-order valence-electron chi connectivity index (χ3n) is 5.63. The Bertz CT molecular complexity index is 1090. The van der Waals surface area contributed by atoms with Crippen molar-refractivity contribution in [3.05, 3.63) is 75.7 Å². The number of fused-ring (bicyclic) bond motifs is 1. The van der Waals surface area contributed by atoms with Crippen LogP contribution in [0.15, 0.2) is 53.4 Å². The first-order chi connectivity index (χ1) is 15.5. The Hall–Kier alpha value is -3.19. The first kappa shape index (κ1) is 22.0. The number of hydrogen-bond donors (Lipinski definition) is 1. The highest BCUT2D eigenvalue weighted by Crippen LogP contribution is 2.31. The van der Waals surface area contributed by atoms with Crippen molar-refractivity contribution in [1.82, 2.24) is 10.2 Å². The van der Waals surface area contributed by atoms with E-state index in [1.54, 1.807) is 6.08 Å². The van der Waals surface area contributed by atoms with Crippen molar-refractivity contribution in [2.75, 3.05) is 13.1 Å². The van der Waals surface area contributed by atoms with Crippen LogP contribution in [0.1, 0.15) is 46.3 Å². The zero-order valence-electron chi connectivity index (χ0n) is 17.6. The number of benzene rings is 2. The fourth-order valence-electron chi connectivity index (χ4n) is 3.91. The van der Waals surface area contributed by atoms with E-state index < -0.39 is 0 Å². The summed E-state index contributed by atoms with van der Waals surface area (Å²) in [5.74, 6) is -0.678. The average Bonchev–Trinajstić information content (AvgIpc) is 3.37. The maximum atomic E-state index is 12.5. The molecular formula is C25H24N2O4S. The molecule has 1 N–H and O–H groups in total. The van der Waals surface area contributed by atoms with Crippen molar-refractivity contribution in [3.63, 3.8) is 0 Å². The fourth-order valence-corrected chi connectivity index (χ4v) is 4.77. The van der Waals surface area contributed by atoms with Gasteiger partial charge >= 0.3 is 0 Å². The van der Waals surface area contributed by atoms with Crippen molar-refractivity contribution in [3.8, 4) is 0 Å². The van der Waals surface area contributed by atoms with Gasteiger partial charge in [0.15, 0.2) is 5.78 Å². The van der Waals surface area contributed by atoms with Crippen LogP contribution in [0.3, 0.4) is 0 Å². The van der Waals surface area contributed by atoms with Gasteiger partial charge in [0, 0.05) is 31.5 Å². The van der Waals surface area contributed by atoms with Gasteiger partial charge in [0.1, 0.15) is 0 Å². The molecule has 32 heavy (non-hydrogen) atoms. The van der Waals surface area contributed by atoms with Crippen LogP contribution in [0.4, 0.5) is 4.79 Å². The Morgan fingerprint density at radius 3 is 2.59 bits per heavy atom. The summed E-state index contributed by atoms with van der Waals surface area (Å²) >= 11 is 0.897. The predicted octanol–water partition coefficient (Wildman–Crippen LogP) is 3.99. The van der Waals surface area contributed by atoms with Crippen LogP contribution in [0.2, 0.25) is 0 Å². The van der Waals surface area contributed by atoms with Crippen LogP contribution in [-0.2, 0) is 22.4 Å². The highest BCUT2D eigenvalue weighted by Gasteiger charge is 2.34. The standard InChI is InChI=1S/C25H24N2O4S/c28-21(20-10-9-18-7-4-8-19(18)16-20)11-12-23(29)26-13-14-27-24(30)22(32-25(27)31)15-17-5-2-1-3-6-17/h1-3,5-6,9-10,15-16H,4,7-8,11-14H2,(H,26,29)/b22-15-. The van der Waals surface area contributed by atoms with Crippen LogP contribution in [0.5, 0.6) is 0 Å². The van der Waals surface area contributed by atoms with Crippen LogP contribution in [0.25, 0.3) is 6.08 Å². The molecule has 0 bridgehead atoms. The third-order valence-corrected chi connectivity index (χ3v) is 6.54. The lowest BCUT2D eigenvalue weighted by Gasteiger charge is -2.13. The van der Waals surface area contributed by atoms with E-state index in [0.29, 0.717) is 10.5 Å². The lowest BCUT2D eigenvalue weighted by molar-refractivity contribution is -0.124. The maximum absolute atomic E-state index is 12.5. The molecule has 6 nitrogen and oxygen atoms in total. The van der Waals surface area contributed by atoms with Crippen molar-refractivity contribution < 1.29 is 19.2 Å². The molecule has 7 heteroatoms. The summed E-state index contributed by atoms with van der Waals surface area (Å²) in [6.07, 6.45) is 5.09. The molecule has 1 aliphatic heterocycles. The maximum Gasteiger partial charge on any atom is 0.293 e. The second kappa shape index (κ2) is 9.96. The number of Topliss-reactive ketones (excluding diaryl/α,β-unsaturated/α-hetero) is 1. The number of carbonyl (C=O) groups is 4. The smallest absolute Gasteiger partial charge is 0.293 e. The van der Waals surface area contributed by atoms with Gasteiger partial charge in [-0.1, -0.05) is 42.5 Å². The summed E-state index contributed by atoms with van der Waals surface area (Å²) in [6, 6.07) is 15.1. The van der Waals surface area contributed by atoms with Gasteiger partial charge in [0.25, 0.3) is 11.1 Å². The Labute approximate surface area is 191 Å². The van der Waals surface area contributed by atoms with Crippen molar-refractivity contribution in [2.24, 2.45) is 0 Å². The number of amides is 3. The molecule has 3 amide bonds. The van der Waals surface area contributed by atoms with Crippen LogP contribution < -0.4 is 5.32 Å². The zero-order chi connectivity index (χ0) is 22.5. The normalized spacial score (nSPS) is 16.5. The van der Waals surface area contributed by atoms with Crippen LogP contribution in [-0.4, -0.2) is 40.8 Å². The molecular weight excluding hydrogens is 424 g/mol. The van der Waals surface area contributed by atoms with Gasteiger partial charge in [0.2, 0.25) is 5.91 Å². The molecule has 0 saturated carbocycles. The molecule has 1 saturated heterocycles. The lowest BCUT2D eigenvalue weighted by Crippen LogP contribution is -2.37. The zero-order valence-corrected chi connectivity index (χ0v) is 18.5. The van der Waals surface area contributed by atoms with Gasteiger partial charge in [0.05, 0.1) is 4.91 Å². The summed E-state index contributed by atoms with van der Waals surface area (Å²) in [5.41, 5.74) is 4.05. The minimum Gasteiger partial charge on any atom is -0.354 e. The number of hydrogen-bond acceptors (Lipinski definition) is 5. The largest absolute Gasteiger partial charge is 0.354 e. The summed E-state index contributed by atoms with van der Waals surface area (Å²) in [7, 11) is 0. The molecule has 1 aliphatic carbocycles. The monoisotopic (exact) mass is 448 g/mol. The van der Waals surface area contributed by atoms with E-state index in [1.165, 1.54) is 11.1 Å². The fraction of sp³-hybridized carbons (Fsp3) is 0.280. The van der Waals surface area contributed by atoms with E-state index in [2.05, 4.69) is 5.32 Å². The van der Waals surface area contributed by atoms with Crippen molar-refractivity contribution in [2.45, 2.75) is 32.1 Å². The van der Waals surface area contributed by atoms with E-state index in [-0.39, 0.29) is 48.8 Å². The number of nitrogens with zero attached hydrogens (tertiary/aromatic N) is 1. The van der Waals surface area contributed by atoms with Crippen molar-refractivity contribution in [1.29, 1.82) is 0 Å². The van der Waals surface area contributed by atoms with Gasteiger partial charge in [-0.3, -0.25) is 24.1 Å². The molecule has 2 aromatic rings. The molecule has 4 rings (SSSR count). The quantitative estimate of drug-likeness (QED) is 0.488. The molecule has 2 aliphatic rings. The van der Waals surface area contributed by atoms with Crippen LogP contribution in [0, 0.1) is 0 Å². The average molecular weight is 449 g/mol. The minimum atomic E-state index is -0.357. The van der Waals surface area contributed by atoms with E-state index in [9.17, 15) is 19.2 Å². The lowest BCUT2D eigenvalue weighted by atomic mass is 10.0. The molecule has 164 valence electrons. The number of nitrogens with one attached hydrogen (secondary N) is 1. The Morgan fingerprint density at radius 1 is 1.00 bits per heavy atom. The van der Waals surface area contributed by atoms with Gasteiger partial charge in [-0.25, -0.2) is 0 Å². The van der Waals surface area contributed by atoms with E-state index in [4.69, 9.17) is 0 Å². The second-order valence-corrected chi connectivity index (χ2v) is 8.85. The number of imide groups is 1. The van der Waals surface area contributed by atoms with Gasteiger partial charge in [-0.2, -0.15) is 0 Å². The van der Waals surface area contributed by atoms with Gasteiger partial charge in [-0.15, -0.1) is 0 Å². The Kier molecular flexibility index (Phi) is 6.85. The Balaban J connectivity index is 1.22. The van der Waals surface area contributed by atoms with E-state index in [1.807, 2.05) is 48.5 Å². The van der Waals surface area contributed by atoms with Gasteiger partial charge < -0.3 is 5.32 Å². The number of aryl methyl sites for hydroxylation is 2. The first-order valence-corrected chi connectivity index (χ1v) is 11.5. The molecule has 1 fully saturated rings. The first-order valence-electron chi connectivity index (χ1n) is 10.7. The summed E-state index contributed by atoms with van der Waals surface area (Å²) < 4.78 is 0. The second-order valence-electron chi connectivity index (χ2n) is 7.85. The molecule has 2 aromatic carbocycles. The topological polar surface area (TPSA) is 83.6 Å². The number of carbonyl (C=O) groups excluding carboxylic acids is 4. The SMILES string of the molecule is O=C(CCC(=O)c1ccc2c(c1)CCC2)NCCN1C(=O)S/C(=C\c2ccccc2)C1=O. The van der Waals surface area contributed by atoms with E-state index >= 15 is 0 Å². The summed E-state index contributed by atoms with van der Waals surface area (Å²) in [6.45, 7) is 0.254. The molecule has 0 spiro atoms. The molecule has 0 atom stereocenters. The molecule has 0 unspecified atom stereocenters. The molecule has 1 heterocycles. The number of ketones is 1. The predicted molar refractivity (Wildman–Crippen MR) is 124 cm³/mol. The van der Waals surface area contributed by atoms with Crippen LogP contribution >= 0.6 is 11.8 Å². The van der Waals surface area contributed by atoms with Gasteiger partial charge in [-0.05, 0) is 59.9 Å². The van der Waals surface area contributed by atoms with E-state index in [0.717, 1.165) is 41.5 Å². The minimum absolute atomic E-state index is 0.0492. The summed E-state index contributed by atoms with van der Waals surface area (Å²) in [4.78, 5) is 50.8. The van der Waals surface area contributed by atoms with Crippen molar-refractivity contribution >= 4 is 40.7 Å². The molecule has 0 aromatic heterocycles. The third kappa shape index (κ3) is 5.16. The number of thioether (sulfide) groups is 1.